The molecule has 0 radical (unpaired) electrons. The number of amides is 1. The maximum atomic E-state index is 12.7. The molecule has 1 aliphatic rings. The number of thiocarbonyl (C=S) groups is 1. The summed E-state index contributed by atoms with van der Waals surface area (Å²) in [6, 6.07) is 10.0. The molecular formula is C20H19NO5S2. The van der Waals surface area contributed by atoms with Gasteiger partial charge in [-0.2, -0.15) is 0 Å². The molecule has 0 aliphatic carbocycles. The molecule has 0 spiro atoms. The quantitative estimate of drug-likeness (QED) is 0.423. The minimum Gasteiger partial charge on any atom is -0.504 e. The first-order valence-corrected chi connectivity index (χ1v) is 9.63. The lowest BCUT2D eigenvalue weighted by Gasteiger charge is -2.15. The molecule has 0 atom stereocenters. The molecule has 0 aromatic heterocycles. The molecular weight excluding hydrogens is 398 g/mol. The van der Waals surface area contributed by atoms with Gasteiger partial charge in [0.05, 0.1) is 19.1 Å². The van der Waals surface area contributed by atoms with Crippen LogP contribution in [0.4, 0.5) is 0 Å². The SMILES string of the molecule is COc1ccc(CCN2C(=O)C(=Cc3ccc(O)c(O)c3)SC2=S)cc1OC. The van der Waals surface area contributed by atoms with Gasteiger partial charge in [0.25, 0.3) is 5.91 Å². The van der Waals surface area contributed by atoms with Crippen LogP contribution >= 0.6 is 24.0 Å². The zero-order chi connectivity index (χ0) is 20.3. The average Bonchev–Trinajstić information content (AvgIpc) is 2.95. The Morgan fingerprint density at radius 1 is 1.07 bits per heavy atom. The van der Waals surface area contributed by atoms with E-state index in [-0.39, 0.29) is 17.4 Å². The molecule has 1 amide bonds. The number of benzene rings is 2. The largest absolute Gasteiger partial charge is 0.504 e. The molecule has 1 fully saturated rings. The fourth-order valence-corrected chi connectivity index (χ4v) is 4.06. The van der Waals surface area contributed by atoms with Gasteiger partial charge in [-0.05, 0) is 47.9 Å². The molecule has 2 aromatic rings. The number of carbonyl (C=O) groups excluding carboxylic acids is 1. The van der Waals surface area contributed by atoms with Crippen molar-refractivity contribution >= 4 is 40.3 Å². The number of aromatic hydroxyl groups is 2. The highest BCUT2D eigenvalue weighted by Gasteiger charge is 2.31. The Bertz CT molecular complexity index is 958. The van der Waals surface area contributed by atoms with Gasteiger partial charge >= 0.3 is 0 Å². The second-order valence-corrected chi connectivity index (χ2v) is 7.70. The van der Waals surface area contributed by atoms with Gasteiger partial charge in [0.15, 0.2) is 23.0 Å². The van der Waals surface area contributed by atoms with Crippen LogP contribution in [0.25, 0.3) is 6.08 Å². The zero-order valence-corrected chi connectivity index (χ0v) is 17.0. The Labute approximate surface area is 172 Å². The number of nitrogens with zero attached hydrogens (tertiary/aromatic N) is 1. The lowest BCUT2D eigenvalue weighted by atomic mass is 10.1. The van der Waals surface area contributed by atoms with Crippen LogP contribution in [-0.4, -0.2) is 46.1 Å². The molecule has 1 saturated heterocycles. The van der Waals surface area contributed by atoms with Gasteiger partial charge in [-0.15, -0.1) is 0 Å². The fraction of sp³-hybridized carbons (Fsp3) is 0.200. The number of carbonyl (C=O) groups is 1. The van der Waals surface area contributed by atoms with Gasteiger partial charge < -0.3 is 19.7 Å². The van der Waals surface area contributed by atoms with Gasteiger partial charge in [-0.25, -0.2) is 0 Å². The third kappa shape index (κ3) is 4.23. The molecule has 1 heterocycles. The second kappa shape index (κ2) is 8.53. The van der Waals surface area contributed by atoms with Crippen molar-refractivity contribution in [1.29, 1.82) is 0 Å². The summed E-state index contributed by atoms with van der Waals surface area (Å²) in [6.07, 6.45) is 2.26. The van der Waals surface area contributed by atoms with Gasteiger partial charge in [0.1, 0.15) is 4.32 Å². The number of thioether (sulfide) groups is 1. The third-order valence-corrected chi connectivity index (χ3v) is 5.62. The van der Waals surface area contributed by atoms with Crippen LogP contribution < -0.4 is 9.47 Å². The zero-order valence-electron chi connectivity index (χ0n) is 15.3. The first-order chi connectivity index (χ1) is 13.4. The number of phenolic OH excluding ortho intramolecular Hbond substituents is 2. The monoisotopic (exact) mass is 417 g/mol. The van der Waals surface area contributed by atoms with Gasteiger partial charge in [-0.3, -0.25) is 9.69 Å². The standard InChI is InChI=1S/C20H19NO5S2/c1-25-16-6-4-12(10-17(16)26-2)7-8-21-19(24)18(28-20(21)27)11-13-3-5-14(22)15(23)9-13/h3-6,9-11,22-23H,7-8H2,1-2H3. The van der Waals surface area contributed by atoms with Crippen LogP contribution in [0.15, 0.2) is 41.3 Å². The van der Waals surface area contributed by atoms with Crippen LogP contribution in [0.1, 0.15) is 11.1 Å². The van der Waals surface area contributed by atoms with Crippen molar-refractivity contribution < 1.29 is 24.5 Å². The molecule has 0 saturated carbocycles. The van der Waals surface area contributed by atoms with Crippen LogP contribution in [0, 0.1) is 0 Å². The molecule has 0 bridgehead atoms. The molecule has 1 aliphatic heterocycles. The normalized spacial score (nSPS) is 15.4. The maximum Gasteiger partial charge on any atom is 0.266 e. The molecule has 2 aromatic carbocycles. The van der Waals surface area contributed by atoms with Crippen molar-refractivity contribution in [3.63, 3.8) is 0 Å². The van der Waals surface area contributed by atoms with E-state index < -0.39 is 0 Å². The van der Waals surface area contributed by atoms with Crippen molar-refractivity contribution in [2.24, 2.45) is 0 Å². The second-order valence-electron chi connectivity index (χ2n) is 6.02. The molecule has 28 heavy (non-hydrogen) atoms. The van der Waals surface area contributed by atoms with E-state index in [0.29, 0.717) is 39.3 Å². The Morgan fingerprint density at radius 2 is 1.82 bits per heavy atom. The summed E-state index contributed by atoms with van der Waals surface area (Å²) in [5.74, 6) is 0.662. The van der Waals surface area contributed by atoms with E-state index in [1.807, 2.05) is 18.2 Å². The van der Waals surface area contributed by atoms with Gasteiger partial charge in [0.2, 0.25) is 0 Å². The van der Waals surface area contributed by atoms with Gasteiger partial charge in [0, 0.05) is 6.54 Å². The van der Waals surface area contributed by atoms with Crippen LogP contribution in [0.3, 0.4) is 0 Å². The number of hydrogen-bond acceptors (Lipinski definition) is 7. The molecule has 6 nitrogen and oxygen atoms in total. The molecule has 3 rings (SSSR count). The highest BCUT2D eigenvalue weighted by molar-refractivity contribution is 8.26. The number of phenols is 2. The van der Waals surface area contributed by atoms with E-state index in [1.54, 1.807) is 31.3 Å². The van der Waals surface area contributed by atoms with Crippen LogP contribution in [0.5, 0.6) is 23.0 Å². The summed E-state index contributed by atoms with van der Waals surface area (Å²) in [5, 5.41) is 19.0. The van der Waals surface area contributed by atoms with Crippen LogP contribution in [0.2, 0.25) is 0 Å². The van der Waals surface area contributed by atoms with E-state index >= 15 is 0 Å². The van der Waals surface area contributed by atoms with Crippen LogP contribution in [-0.2, 0) is 11.2 Å². The smallest absolute Gasteiger partial charge is 0.266 e. The number of hydrogen-bond donors (Lipinski definition) is 2. The number of ether oxygens (including phenoxy) is 2. The van der Waals surface area contributed by atoms with E-state index in [1.165, 1.54) is 23.9 Å². The van der Waals surface area contributed by atoms with Crippen molar-refractivity contribution in [2.45, 2.75) is 6.42 Å². The summed E-state index contributed by atoms with van der Waals surface area (Å²) < 4.78 is 11.0. The van der Waals surface area contributed by atoms with E-state index in [2.05, 4.69) is 0 Å². The molecule has 0 unspecified atom stereocenters. The minimum atomic E-state index is -0.238. The Kier molecular flexibility index (Phi) is 6.11. The van der Waals surface area contributed by atoms with Crippen molar-refractivity contribution in [1.82, 2.24) is 4.90 Å². The van der Waals surface area contributed by atoms with Gasteiger partial charge in [-0.1, -0.05) is 36.1 Å². The summed E-state index contributed by atoms with van der Waals surface area (Å²) in [6.45, 7) is 0.443. The number of methoxy groups -OCH3 is 2. The van der Waals surface area contributed by atoms with Crippen molar-refractivity contribution in [3.05, 3.63) is 52.4 Å². The summed E-state index contributed by atoms with van der Waals surface area (Å²) in [4.78, 5) is 14.7. The minimum absolute atomic E-state index is 0.178. The Balaban J connectivity index is 1.72. The summed E-state index contributed by atoms with van der Waals surface area (Å²) >= 11 is 6.57. The highest BCUT2D eigenvalue weighted by Crippen LogP contribution is 2.34. The Hall–Kier alpha value is -2.71. The summed E-state index contributed by atoms with van der Waals surface area (Å²) in [7, 11) is 3.16. The molecule has 8 heteroatoms. The first kappa shape index (κ1) is 20.0. The lowest BCUT2D eigenvalue weighted by molar-refractivity contribution is -0.122. The highest BCUT2D eigenvalue weighted by atomic mass is 32.2. The van der Waals surface area contributed by atoms with Crippen molar-refractivity contribution in [2.75, 3.05) is 20.8 Å². The van der Waals surface area contributed by atoms with E-state index in [0.717, 1.165) is 5.56 Å². The Morgan fingerprint density at radius 3 is 2.50 bits per heavy atom. The fourth-order valence-electron chi connectivity index (χ4n) is 2.75. The predicted molar refractivity (Wildman–Crippen MR) is 113 cm³/mol. The number of rotatable bonds is 6. The first-order valence-electron chi connectivity index (χ1n) is 8.41. The summed E-state index contributed by atoms with van der Waals surface area (Å²) in [5.41, 5.74) is 1.61. The van der Waals surface area contributed by atoms with E-state index in [4.69, 9.17) is 21.7 Å². The average molecular weight is 418 g/mol. The maximum absolute atomic E-state index is 12.7. The third-order valence-electron chi connectivity index (χ3n) is 4.24. The molecule has 146 valence electrons. The predicted octanol–water partition coefficient (Wildman–Crippen LogP) is 3.56. The molecule has 2 N–H and O–H groups in total. The topological polar surface area (TPSA) is 79.2 Å². The van der Waals surface area contributed by atoms with Crippen molar-refractivity contribution in [3.8, 4) is 23.0 Å². The lowest BCUT2D eigenvalue weighted by Crippen LogP contribution is -2.30. The van der Waals surface area contributed by atoms with E-state index in [9.17, 15) is 15.0 Å².